The van der Waals surface area contributed by atoms with Crippen LogP contribution in [-0.2, 0) is 9.59 Å². The SMILES string of the molecule is Cc1ccc(C2=C(Nc3cccc(C)c3C)C(=O)N(c3cccc(N(C)C)c3)C2=O)cc1C. The van der Waals surface area contributed by atoms with Gasteiger partial charge in [0, 0.05) is 25.5 Å². The maximum absolute atomic E-state index is 13.7. The Hall–Kier alpha value is -3.86. The number of carbonyl (C=O) groups excluding carboxylic acids is 2. The van der Waals surface area contributed by atoms with Crippen LogP contribution in [0.15, 0.2) is 66.4 Å². The van der Waals surface area contributed by atoms with Crippen molar-refractivity contribution in [3.63, 3.8) is 0 Å². The molecule has 0 atom stereocenters. The summed E-state index contributed by atoms with van der Waals surface area (Å²) in [6.45, 7) is 8.08. The van der Waals surface area contributed by atoms with Gasteiger partial charge >= 0.3 is 0 Å². The molecule has 0 spiro atoms. The van der Waals surface area contributed by atoms with Crippen molar-refractivity contribution < 1.29 is 9.59 Å². The Bertz CT molecular complexity index is 1300. The van der Waals surface area contributed by atoms with Crippen LogP contribution in [0, 0.1) is 27.7 Å². The molecule has 33 heavy (non-hydrogen) atoms. The minimum absolute atomic E-state index is 0.298. The summed E-state index contributed by atoms with van der Waals surface area (Å²) in [4.78, 5) is 30.7. The van der Waals surface area contributed by atoms with Crippen molar-refractivity contribution in [3.05, 3.63) is 94.2 Å². The molecule has 0 bridgehead atoms. The van der Waals surface area contributed by atoms with Crippen molar-refractivity contribution in [1.82, 2.24) is 0 Å². The number of hydrogen-bond donors (Lipinski definition) is 1. The average Bonchev–Trinajstić information content (AvgIpc) is 3.03. The molecule has 3 aromatic rings. The Morgan fingerprint density at radius 1 is 0.758 bits per heavy atom. The summed E-state index contributed by atoms with van der Waals surface area (Å²) in [5.74, 6) is -0.683. The van der Waals surface area contributed by atoms with Gasteiger partial charge in [0.15, 0.2) is 0 Å². The standard InChI is InChI=1S/C28H29N3O2/c1-17-13-14-21(15-19(17)3)25-26(29-24-12-7-9-18(2)20(24)4)28(33)31(27(25)32)23-11-8-10-22(16-23)30(5)6/h7-16,29H,1-6H3. The first kappa shape index (κ1) is 22.3. The van der Waals surface area contributed by atoms with E-state index >= 15 is 0 Å². The zero-order valence-electron chi connectivity index (χ0n) is 20.0. The molecule has 1 heterocycles. The summed E-state index contributed by atoms with van der Waals surface area (Å²) in [5, 5.41) is 3.31. The van der Waals surface area contributed by atoms with E-state index in [-0.39, 0.29) is 11.8 Å². The summed E-state index contributed by atoms with van der Waals surface area (Å²) in [6.07, 6.45) is 0. The van der Waals surface area contributed by atoms with Crippen molar-refractivity contribution in [3.8, 4) is 0 Å². The molecule has 0 fully saturated rings. The van der Waals surface area contributed by atoms with Gasteiger partial charge in [-0.2, -0.15) is 0 Å². The highest BCUT2D eigenvalue weighted by molar-refractivity contribution is 6.46. The van der Waals surface area contributed by atoms with E-state index in [9.17, 15) is 9.59 Å². The Morgan fingerprint density at radius 2 is 1.48 bits per heavy atom. The number of nitrogens with one attached hydrogen (secondary N) is 1. The molecule has 1 N–H and O–H groups in total. The Labute approximate surface area is 195 Å². The van der Waals surface area contributed by atoms with Gasteiger partial charge in [-0.15, -0.1) is 0 Å². The number of rotatable bonds is 5. The molecule has 0 unspecified atom stereocenters. The molecule has 5 heteroatoms. The highest BCUT2D eigenvalue weighted by Crippen LogP contribution is 2.36. The number of anilines is 3. The molecule has 0 radical (unpaired) electrons. The summed E-state index contributed by atoms with van der Waals surface area (Å²) in [6, 6.07) is 19.2. The van der Waals surface area contributed by atoms with E-state index in [1.807, 2.05) is 101 Å². The fraction of sp³-hybridized carbons (Fsp3) is 0.214. The van der Waals surface area contributed by atoms with Crippen molar-refractivity contribution in [2.24, 2.45) is 0 Å². The number of nitrogens with zero attached hydrogens (tertiary/aromatic N) is 2. The molecule has 3 aromatic carbocycles. The molecule has 4 rings (SSSR count). The van der Waals surface area contributed by atoms with Gasteiger partial charge in [-0.25, -0.2) is 4.90 Å². The molecular weight excluding hydrogens is 410 g/mol. The Morgan fingerprint density at radius 3 is 2.18 bits per heavy atom. The third-order valence-electron chi connectivity index (χ3n) is 6.35. The molecule has 0 aromatic heterocycles. The first-order valence-corrected chi connectivity index (χ1v) is 11.0. The van der Waals surface area contributed by atoms with Crippen molar-refractivity contribution in [2.45, 2.75) is 27.7 Å². The van der Waals surface area contributed by atoms with Gasteiger partial charge < -0.3 is 10.2 Å². The fourth-order valence-electron chi connectivity index (χ4n) is 3.98. The zero-order chi connectivity index (χ0) is 23.9. The van der Waals surface area contributed by atoms with Crippen molar-refractivity contribution >= 4 is 34.4 Å². The minimum atomic E-state index is -0.356. The van der Waals surface area contributed by atoms with Crippen molar-refractivity contribution in [2.75, 3.05) is 29.2 Å². The van der Waals surface area contributed by atoms with Gasteiger partial charge in [0.1, 0.15) is 5.70 Å². The van der Waals surface area contributed by atoms with Gasteiger partial charge in [0.2, 0.25) is 0 Å². The normalized spacial score (nSPS) is 13.7. The Kier molecular flexibility index (Phi) is 5.81. The fourth-order valence-corrected chi connectivity index (χ4v) is 3.98. The lowest BCUT2D eigenvalue weighted by atomic mass is 9.99. The van der Waals surface area contributed by atoms with E-state index in [0.717, 1.165) is 39.2 Å². The van der Waals surface area contributed by atoms with Crippen LogP contribution in [-0.4, -0.2) is 25.9 Å². The maximum atomic E-state index is 13.7. The van der Waals surface area contributed by atoms with E-state index in [1.165, 1.54) is 4.90 Å². The van der Waals surface area contributed by atoms with Gasteiger partial charge in [-0.05, 0) is 79.8 Å². The monoisotopic (exact) mass is 439 g/mol. The largest absolute Gasteiger partial charge is 0.378 e. The van der Waals surface area contributed by atoms with E-state index in [2.05, 4.69) is 5.32 Å². The summed E-state index contributed by atoms with van der Waals surface area (Å²) < 4.78 is 0. The number of imide groups is 1. The molecule has 1 aliphatic heterocycles. The second-order valence-electron chi connectivity index (χ2n) is 8.78. The van der Waals surface area contributed by atoms with E-state index in [1.54, 1.807) is 6.07 Å². The van der Waals surface area contributed by atoms with Crippen LogP contribution < -0.4 is 15.1 Å². The molecule has 0 aliphatic carbocycles. The predicted molar refractivity (Wildman–Crippen MR) is 136 cm³/mol. The lowest BCUT2D eigenvalue weighted by Gasteiger charge is -2.19. The number of amides is 2. The molecule has 168 valence electrons. The number of benzene rings is 3. The molecule has 5 nitrogen and oxygen atoms in total. The molecule has 1 aliphatic rings. The van der Waals surface area contributed by atoms with Crippen LogP contribution in [0.5, 0.6) is 0 Å². The number of hydrogen-bond acceptors (Lipinski definition) is 4. The lowest BCUT2D eigenvalue weighted by Crippen LogP contribution is -2.32. The van der Waals surface area contributed by atoms with Crippen LogP contribution >= 0.6 is 0 Å². The number of carbonyl (C=O) groups is 2. The van der Waals surface area contributed by atoms with Crippen LogP contribution in [0.3, 0.4) is 0 Å². The average molecular weight is 440 g/mol. The molecular formula is C28H29N3O2. The van der Waals surface area contributed by atoms with Gasteiger partial charge in [0.25, 0.3) is 11.8 Å². The highest BCUT2D eigenvalue weighted by atomic mass is 16.2. The smallest absolute Gasteiger partial charge is 0.282 e. The van der Waals surface area contributed by atoms with E-state index in [0.29, 0.717) is 17.0 Å². The molecule has 0 saturated carbocycles. The van der Waals surface area contributed by atoms with Gasteiger partial charge in [-0.1, -0.05) is 36.4 Å². The zero-order valence-corrected chi connectivity index (χ0v) is 20.0. The topological polar surface area (TPSA) is 52.7 Å². The second kappa shape index (κ2) is 8.58. The third-order valence-corrected chi connectivity index (χ3v) is 6.35. The lowest BCUT2D eigenvalue weighted by molar-refractivity contribution is -0.120. The third kappa shape index (κ3) is 4.02. The summed E-state index contributed by atoms with van der Waals surface area (Å²) in [5.41, 5.74) is 8.05. The van der Waals surface area contributed by atoms with Crippen LogP contribution in [0.25, 0.3) is 5.57 Å². The van der Waals surface area contributed by atoms with Gasteiger partial charge in [-0.3, -0.25) is 9.59 Å². The second-order valence-corrected chi connectivity index (χ2v) is 8.78. The first-order chi connectivity index (χ1) is 15.7. The Balaban J connectivity index is 1.87. The van der Waals surface area contributed by atoms with Crippen LogP contribution in [0.4, 0.5) is 17.1 Å². The van der Waals surface area contributed by atoms with Crippen LogP contribution in [0.2, 0.25) is 0 Å². The van der Waals surface area contributed by atoms with E-state index < -0.39 is 0 Å². The predicted octanol–water partition coefficient (Wildman–Crippen LogP) is 5.38. The van der Waals surface area contributed by atoms with Crippen molar-refractivity contribution in [1.29, 1.82) is 0 Å². The highest BCUT2D eigenvalue weighted by Gasteiger charge is 2.40. The number of aryl methyl sites for hydroxylation is 3. The summed E-state index contributed by atoms with van der Waals surface area (Å²) >= 11 is 0. The molecule has 2 amide bonds. The van der Waals surface area contributed by atoms with Crippen LogP contribution in [0.1, 0.15) is 27.8 Å². The molecule has 0 saturated heterocycles. The van der Waals surface area contributed by atoms with Gasteiger partial charge in [0.05, 0.1) is 11.3 Å². The minimum Gasteiger partial charge on any atom is -0.378 e. The first-order valence-electron chi connectivity index (χ1n) is 11.0. The summed E-state index contributed by atoms with van der Waals surface area (Å²) in [7, 11) is 3.86. The maximum Gasteiger partial charge on any atom is 0.282 e. The van der Waals surface area contributed by atoms with E-state index in [4.69, 9.17) is 0 Å². The quantitative estimate of drug-likeness (QED) is 0.542.